The molecule has 0 fully saturated rings. The monoisotopic (exact) mass is 462 g/mol. The Labute approximate surface area is 198 Å². The Morgan fingerprint density at radius 1 is 1.15 bits per heavy atom. The Balaban J connectivity index is 1.51. The molecule has 33 heavy (non-hydrogen) atoms. The Morgan fingerprint density at radius 3 is 2.76 bits per heavy atom. The van der Waals surface area contributed by atoms with Crippen molar-refractivity contribution < 1.29 is 13.9 Å². The molecule has 3 aromatic carbocycles. The van der Waals surface area contributed by atoms with Crippen LogP contribution < -0.4 is 10.1 Å². The Hall–Kier alpha value is -3.31. The summed E-state index contributed by atoms with van der Waals surface area (Å²) >= 11 is 6.33. The first-order valence-corrected chi connectivity index (χ1v) is 11.4. The molecule has 0 aliphatic heterocycles. The number of oxazole rings is 1. The van der Waals surface area contributed by atoms with Gasteiger partial charge in [-0.15, -0.1) is 0 Å². The van der Waals surface area contributed by atoms with E-state index in [1.807, 2.05) is 44.2 Å². The van der Waals surface area contributed by atoms with Gasteiger partial charge in [0.05, 0.1) is 10.7 Å². The quantitative estimate of drug-likeness (QED) is 0.313. The van der Waals surface area contributed by atoms with Crippen LogP contribution in [0, 0.1) is 13.8 Å². The summed E-state index contributed by atoms with van der Waals surface area (Å²) < 4.78 is 11.7. The van der Waals surface area contributed by atoms with Gasteiger partial charge in [-0.05, 0) is 79.3 Å². The van der Waals surface area contributed by atoms with Gasteiger partial charge in [0, 0.05) is 5.56 Å². The van der Waals surface area contributed by atoms with Crippen LogP contribution >= 0.6 is 11.6 Å². The molecule has 0 radical (unpaired) electrons. The summed E-state index contributed by atoms with van der Waals surface area (Å²) in [5.41, 5.74) is 6.09. The Bertz CT molecular complexity index is 1310. The minimum Gasteiger partial charge on any atom is -0.483 e. The fourth-order valence-electron chi connectivity index (χ4n) is 3.57. The molecule has 4 rings (SSSR count). The summed E-state index contributed by atoms with van der Waals surface area (Å²) in [6, 6.07) is 17.2. The lowest BCUT2D eigenvalue weighted by Gasteiger charge is -2.12. The van der Waals surface area contributed by atoms with Gasteiger partial charge in [0.15, 0.2) is 12.2 Å². The molecule has 0 saturated heterocycles. The maximum absolute atomic E-state index is 12.5. The van der Waals surface area contributed by atoms with Gasteiger partial charge < -0.3 is 14.5 Å². The highest BCUT2D eigenvalue weighted by Gasteiger charge is 2.14. The second kappa shape index (κ2) is 9.67. The number of carbonyl (C=O) groups excluding carboxylic acids is 1. The van der Waals surface area contributed by atoms with Crippen LogP contribution in [0.1, 0.15) is 42.9 Å². The maximum Gasteiger partial charge on any atom is 0.262 e. The van der Waals surface area contributed by atoms with Gasteiger partial charge in [0.2, 0.25) is 5.89 Å². The summed E-state index contributed by atoms with van der Waals surface area (Å²) in [6.07, 6.45) is 1.06. The van der Waals surface area contributed by atoms with Crippen molar-refractivity contribution in [2.45, 2.75) is 40.0 Å². The molecule has 1 amide bonds. The van der Waals surface area contributed by atoms with E-state index in [0.29, 0.717) is 28.3 Å². The van der Waals surface area contributed by atoms with Crippen LogP contribution in [0.2, 0.25) is 5.02 Å². The number of nitrogens with one attached hydrogen (secondary N) is 1. The topological polar surface area (TPSA) is 64.4 Å². The van der Waals surface area contributed by atoms with Crippen LogP contribution in [-0.2, 0) is 4.79 Å². The van der Waals surface area contributed by atoms with E-state index in [9.17, 15) is 4.79 Å². The van der Waals surface area contributed by atoms with Crippen molar-refractivity contribution in [1.29, 1.82) is 0 Å². The number of nitrogens with zero attached hydrogens (tertiary/aromatic N) is 1. The number of rotatable bonds is 7. The minimum absolute atomic E-state index is 0.119. The predicted octanol–water partition coefficient (Wildman–Crippen LogP) is 7.30. The number of amides is 1. The van der Waals surface area contributed by atoms with Gasteiger partial charge in [0.25, 0.3) is 5.91 Å². The van der Waals surface area contributed by atoms with E-state index in [1.165, 1.54) is 5.56 Å². The van der Waals surface area contributed by atoms with Crippen LogP contribution in [0.3, 0.4) is 0 Å². The van der Waals surface area contributed by atoms with E-state index in [0.717, 1.165) is 34.2 Å². The van der Waals surface area contributed by atoms with Crippen LogP contribution in [0.15, 0.2) is 59.0 Å². The molecule has 0 saturated carbocycles. The summed E-state index contributed by atoms with van der Waals surface area (Å²) in [6.45, 7) is 8.21. The number of anilines is 1. The van der Waals surface area contributed by atoms with Crippen LogP contribution in [0.5, 0.6) is 5.75 Å². The molecule has 0 bridgehead atoms. The van der Waals surface area contributed by atoms with Crippen LogP contribution in [0.4, 0.5) is 5.69 Å². The van der Waals surface area contributed by atoms with E-state index in [-0.39, 0.29) is 12.5 Å². The summed E-state index contributed by atoms with van der Waals surface area (Å²) in [4.78, 5) is 17.2. The zero-order chi connectivity index (χ0) is 23.5. The van der Waals surface area contributed by atoms with Gasteiger partial charge in [0.1, 0.15) is 11.3 Å². The van der Waals surface area contributed by atoms with Crippen molar-refractivity contribution in [3.05, 3.63) is 76.3 Å². The molecular formula is C27H27ClN2O3. The zero-order valence-electron chi connectivity index (χ0n) is 19.2. The number of hydrogen-bond donors (Lipinski definition) is 1. The van der Waals surface area contributed by atoms with Gasteiger partial charge in [-0.3, -0.25) is 4.79 Å². The largest absolute Gasteiger partial charge is 0.483 e. The molecular weight excluding hydrogens is 436 g/mol. The second-order valence-corrected chi connectivity index (χ2v) is 8.69. The number of ether oxygens (including phenoxy) is 1. The average Bonchev–Trinajstić information content (AvgIpc) is 3.24. The predicted molar refractivity (Wildman–Crippen MR) is 133 cm³/mol. The SMILES string of the molecule is CCC(C)c1ccc2oc(-c3ccc(Cl)c(NC(=O)COc4cccc(C)c4C)c3)nc2c1. The standard InChI is InChI=1S/C27H27ClN2O3/c1-5-16(2)19-10-12-25-23(13-19)30-27(33-25)20-9-11-21(28)22(14-20)29-26(31)15-32-24-8-6-7-17(3)18(24)4/h6-14,16H,5,15H2,1-4H3,(H,29,31). The summed E-state index contributed by atoms with van der Waals surface area (Å²) in [7, 11) is 0. The van der Waals surface area contributed by atoms with Gasteiger partial charge in [-0.2, -0.15) is 0 Å². The summed E-state index contributed by atoms with van der Waals surface area (Å²) in [5.74, 6) is 1.32. The van der Waals surface area contributed by atoms with Crippen molar-refractivity contribution >= 4 is 34.3 Å². The molecule has 170 valence electrons. The van der Waals surface area contributed by atoms with Gasteiger partial charge in [-0.25, -0.2) is 4.98 Å². The Morgan fingerprint density at radius 2 is 1.97 bits per heavy atom. The average molecular weight is 463 g/mol. The lowest BCUT2D eigenvalue weighted by Crippen LogP contribution is -2.20. The lowest BCUT2D eigenvalue weighted by molar-refractivity contribution is -0.118. The number of aromatic nitrogens is 1. The highest BCUT2D eigenvalue weighted by Crippen LogP contribution is 2.32. The van der Waals surface area contributed by atoms with Crippen molar-refractivity contribution in [2.24, 2.45) is 0 Å². The molecule has 1 atom stereocenters. The third-order valence-electron chi connectivity index (χ3n) is 5.99. The first-order chi connectivity index (χ1) is 15.9. The third kappa shape index (κ3) is 5.04. The summed E-state index contributed by atoms with van der Waals surface area (Å²) in [5, 5.41) is 3.25. The first-order valence-electron chi connectivity index (χ1n) is 11.0. The molecule has 6 heteroatoms. The molecule has 4 aromatic rings. The molecule has 1 N–H and O–H groups in total. The van der Waals surface area contributed by atoms with Crippen LogP contribution in [0.25, 0.3) is 22.6 Å². The van der Waals surface area contributed by atoms with Crippen molar-refractivity contribution in [2.75, 3.05) is 11.9 Å². The van der Waals surface area contributed by atoms with E-state index >= 15 is 0 Å². The highest BCUT2D eigenvalue weighted by atomic mass is 35.5. The highest BCUT2D eigenvalue weighted by molar-refractivity contribution is 6.33. The van der Waals surface area contributed by atoms with Gasteiger partial charge >= 0.3 is 0 Å². The Kier molecular flexibility index (Phi) is 6.70. The molecule has 1 unspecified atom stereocenters. The van der Waals surface area contributed by atoms with E-state index in [1.54, 1.807) is 12.1 Å². The molecule has 0 aliphatic carbocycles. The lowest BCUT2D eigenvalue weighted by atomic mass is 9.98. The maximum atomic E-state index is 12.5. The zero-order valence-corrected chi connectivity index (χ0v) is 20.0. The molecule has 1 heterocycles. The van der Waals surface area contributed by atoms with Crippen molar-refractivity contribution in [3.8, 4) is 17.2 Å². The number of halogens is 1. The normalized spacial score (nSPS) is 12.0. The third-order valence-corrected chi connectivity index (χ3v) is 6.32. The number of hydrogen-bond acceptors (Lipinski definition) is 4. The van der Waals surface area contributed by atoms with Crippen molar-refractivity contribution in [1.82, 2.24) is 4.98 Å². The molecule has 5 nitrogen and oxygen atoms in total. The molecule has 0 spiro atoms. The number of aryl methyl sites for hydroxylation is 1. The smallest absolute Gasteiger partial charge is 0.262 e. The van der Waals surface area contributed by atoms with Gasteiger partial charge in [-0.1, -0.05) is 43.6 Å². The van der Waals surface area contributed by atoms with Crippen LogP contribution in [-0.4, -0.2) is 17.5 Å². The fraction of sp³-hybridized carbons (Fsp3) is 0.259. The number of fused-ring (bicyclic) bond motifs is 1. The van der Waals surface area contributed by atoms with E-state index < -0.39 is 0 Å². The first kappa shape index (κ1) is 22.9. The van der Waals surface area contributed by atoms with E-state index in [4.69, 9.17) is 20.8 Å². The molecule has 0 aliphatic rings. The minimum atomic E-state index is -0.300. The number of carbonyl (C=O) groups is 1. The fourth-order valence-corrected chi connectivity index (χ4v) is 3.74. The van der Waals surface area contributed by atoms with E-state index in [2.05, 4.69) is 36.3 Å². The molecule has 1 aromatic heterocycles. The second-order valence-electron chi connectivity index (χ2n) is 8.28. The number of benzene rings is 3. The van der Waals surface area contributed by atoms with Crippen molar-refractivity contribution in [3.63, 3.8) is 0 Å².